The summed E-state index contributed by atoms with van der Waals surface area (Å²) >= 11 is 0. The molecular weight excluding hydrogens is 284 g/mol. The van der Waals surface area contributed by atoms with Crippen LogP contribution in [-0.2, 0) is 4.79 Å². The number of methoxy groups -OCH3 is 1. The van der Waals surface area contributed by atoms with Gasteiger partial charge in [-0.2, -0.15) is 0 Å². The largest absolute Gasteiger partial charge is 0.491 e. The smallest absolute Gasteiger partial charge is 0.328 e. The van der Waals surface area contributed by atoms with Gasteiger partial charge in [0.05, 0.1) is 12.8 Å². The molecule has 0 saturated heterocycles. The molecule has 0 spiro atoms. The van der Waals surface area contributed by atoms with E-state index < -0.39 is 5.97 Å². The minimum absolute atomic E-state index is 0.479. The maximum Gasteiger partial charge on any atom is 0.328 e. The summed E-state index contributed by atoms with van der Waals surface area (Å²) in [6.45, 7) is 3.96. The maximum absolute atomic E-state index is 10.7. The molecule has 2 N–H and O–H groups in total. The summed E-state index contributed by atoms with van der Waals surface area (Å²) in [6.07, 6.45) is 2.59. The highest BCUT2D eigenvalue weighted by Crippen LogP contribution is 2.39. The number of nitrogens with one attached hydrogen (secondary N) is 1. The van der Waals surface area contributed by atoms with Gasteiger partial charge in [0.1, 0.15) is 6.61 Å². The second kappa shape index (κ2) is 8.94. The molecule has 0 aliphatic carbocycles. The molecular formula is C16H24N2O4. The summed E-state index contributed by atoms with van der Waals surface area (Å²) in [5.74, 6) is 0.113. The van der Waals surface area contributed by atoms with Crippen LogP contribution in [0.4, 0.5) is 5.69 Å². The van der Waals surface area contributed by atoms with Crippen molar-refractivity contribution in [2.45, 2.75) is 6.92 Å². The summed E-state index contributed by atoms with van der Waals surface area (Å²) < 4.78 is 11.3. The fourth-order valence-corrected chi connectivity index (χ4v) is 1.88. The molecule has 0 amide bonds. The van der Waals surface area contributed by atoms with Crippen molar-refractivity contribution in [2.75, 3.05) is 46.2 Å². The van der Waals surface area contributed by atoms with E-state index in [1.54, 1.807) is 7.11 Å². The molecule has 0 aromatic heterocycles. The number of carboxylic acids is 1. The molecule has 0 aliphatic heterocycles. The number of likely N-dealkylation sites (N-methyl/N-ethyl adjacent to an activating group) is 1. The van der Waals surface area contributed by atoms with Crippen molar-refractivity contribution in [3.05, 3.63) is 23.8 Å². The molecule has 0 saturated carbocycles. The lowest BCUT2D eigenvalue weighted by Crippen LogP contribution is -2.20. The Hall–Kier alpha value is -2.21. The first-order chi connectivity index (χ1) is 10.5. The first-order valence-corrected chi connectivity index (χ1v) is 7.13. The van der Waals surface area contributed by atoms with Crippen molar-refractivity contribution in [1.29, 1.82) is 0 Å². The van der Waals surface area contributed by atoms with Gasteiger partial charge in [-0.3, -0.25) is 0 Å². The van der Waals surface area contributed by atoms with Crippen molar-refractivity contribution in [3.8, 4) is 11.5 Å². The average molecular weight is 308 g/mol. The van der Waals surface area contributed by atoms with Crippen LogP contribution in [0.15, 0.2) is 18.2 Å². The van der Waals surface area contributed by atoms with Gasteiger partial charge in [-0.15, -0.1) is 0 Å². The fourth-order valence-electron chi connectivity index (χ4n) is 1.88. The van der Waals surface area contributed by atoms with E-state index in [-0.39, 0.29) is 0 Å². The second-order valence-corrected chi connectivity index (χ2v) is 4.92. The Morgan fingerprint density at radius 1 is 1.36 bits per heavy atom. The van der Waals surface area contributed by atoms with Gasteiger partial charge in [-0.1, -0.05) is 0 Å². The zero-order valence-corrected chi connectivity index (χ0v) is 13.5. The molecule has 0 fully saturated rings. The summed E-state index contributed by atoms with van der Waals surface area (Å²) in [6, 6.07) is 3.66. The van der Waals surface area contributed by atoms with E-state index in [1.807, 2.05) is 38.1 Å². The zero-order chi connectivity index (χ0) is 16.5. The Morgan fingerprint density at radius 2 is 2.09 bits per heavy atom. The number of anilines is 1. The molecule has 0 radical (unpaired) electrons. The van der Waals surface area contributed by atoms with Crippen LogP contribution in [0.25, 0.3) is 6.08 Å². The van der Waals surface area contributed by atoms with E-state index in [2.05, 4.69) is 5.32 Å². The molecule has 6 heteroatoms. The maximum atomic E-state index is 10.7. The normalized spacial score (nSPS) is 11.0. The molecule has 1 rings (SSSR count). The standard InChI is InChI=1S/C16H24N2O4/c1-5-17-13-8-6-12(7-9-14(19)20)15(16(13)21-4)22-11-10-18(2)3/h6-9,17H,5,10-11H2,1-4H3,(H,19,20)/b9-7+. The molecule has 1 aromatic rings. The number of rotatable bonds is 9. The Morgan fingerprint density at radius 3 is 2.64 bits per heavy atom. The topological polar surface area (TPSA) is 71.0 Å². The molecule has 0 aliphatic rings. The van der Waals surface area contributed by atoms with Crippen LogP contribution in [0, 0.1) is 0 Å². The number of carbonyl (C=O) groups is 1. The van der Waals surface area contributed by atoms with Gasteiger partial charge >= 0.3 is 5.97 Å². The molecule has 1 aromatic carbocycles. The number of benzene rings is 1. The monoisotopic (exact) mass is 308 g/mol. The number of aliphatic carboxylic acids is 1. The van der Waals surface area contributed by atoms with E-state index in [4.69, 9.17) is 14.6 Å². The van der Waals surface area contributed by atoms with Crippen LogP contribution in [0.1, 0.15) is 12.5 Å². The molecule has 0 bridgehead atoms. The lowest BCUT2D eigenvalue weighted by Gasteiger charge is -2.18. The van der Waals surface area contributed by atoms with Crippen LogP contribution < -0.4 is 14.8 Å². The van der Waals surface area contributed by atoms with Crippen molar-refractivity contribution in [1.82, 2.24) is 4.90 Å². The quantitative estimate of drug-likeness (QED) is 0.681. The second-order valence-electron chi connectivity index (χ2n) is 4.92. The number of carboxylic acid groups (broad SMARTS) is 1. The average Bonchev–Trinajstić information content (AvgIpc) is 2.46. The summed E-state index contributed by atoms with van der Waals surface area (Å²) in [5.41, 5.74) is 1.48. The molecule has 0 atom stereocenters. The third kappa shape index (κ3) is 5.29. The molecule has 0 heterocycles. The predicted molar refractivity (Wildman–Crippen MR) is 87.9 cm³/mol. The van der Waals surface area contributed by atoms with Crippen molar-refractivity contribution < 1.29 is 19.4 Å². The van der Waals surface area contributed by atoms with E-state index in [0.717, 1.165) is 24.9 Å². The van der Waals surface area contributed by atoms with Gasteiger partial charge in [0.2, 0.25) is 0 Å². The fraction of sp³-hybridized carbons (Fsp3) is 0.438. The van der Waals surface area contributed by atoms with Gasteiger partial charge in [-0.25, -0.2) is 4.79 Å². The minimum Gasteiger partial charge on any atom is -0.491 e. The van der Waals surface area contributed by atoms with E-state index in [0.29, 0.717) is 23.7 Å². The highest BCUT2D eigenvalue weighted by atomic mass is 16.5. The van der Waals surface area contributed by atoms with Crippen LogP contribution >= 0.6 is 0 Å². The third-order valence-corrected chi connectivity index (χ3v) is 2.90. The third-order valence-electron chi connectivity index (χ3n) is 2.90. The van der Waals surface area contributed by atoms with Gasteiger partial charge in [-0.05, 0) is 39.2 Å². The van der Waals surface area contributed by atoms with Gasteiger partial charge in [0.15, 0.2) is 11.5 Å². The predicted octanol–water partition coefficient (Wildman–Crippen LogP) is 2.17. The zero-order valence-electron chi connectivity index (χ0n) is 13.5. The first-order valence-electron chi connectivity index (χ1n) is 7.13. The van der Waals surface area contributed by atoms with Gasteiger partial charge in [0.25, 0.3) is 0 Å². The van der Waals surface area contributed by atoms with E-state index >= 15 is 0 Å². The molecule has 22 heavy (non-hydrogen) atoms. The highest BCUT2D eigenvalue weighted by molar-refractivity contribution is 5.86. The number of nitrogens with zero attached hydrogens (tertiary/aromatic N) is 1. The lowest BCUT2D eigenvalue weighted by molar-refractivity contribution is -0.131. The van der Waals surface area contributed by atoms with Gasteiger partial charge in [0, 0.05) is 24.7 Å². The Labute approximate surface area is 131 Å². The summed E-state index contributed by atoms with van der Waals surface area (Å²) in [7, 11) is 5.49. The van der Waals surface area contributed by atoms with Crippen LogP contribution in [0.2, 0.25) is 0 Å². The lowest BCUT2D eigenvalue weighted by atomic mass is 10.1. The van der Waals surface area contributed by atoms with Crippen molar-refractivity contribution in [3.63, 3.8) is 0 Å². The highest BCUT2D eigenvalue weighted by Gasteiger charge is 2.14. The summed E-state index contributed by atoms with van der Waals surface area (Å²) in [4.78, 5) is 12.7. The van der Waals surface area contributed by atoms with E-state index in [1.165, 1.54) is 6.08 Å². The number of hydrogen-bond donors (Lipinski definition) is 2. The molecule has 122 valence electrons. The van der Waals surface area contributed by atoms with Crippen LogP contribution in [0.5, 0.6) is 11.5 Å². The van der Waals surface area contributed by atoms with Gasteiger partial charge < -0.3 is 24.8 Å². The Bertz CT molecular complexity index is 527. The number of hydrogen-bond acceptors (Lipinski definition) is 5. The van der Waals surface area contributed by atoms with Crippen molar-refractivity contribution >= 4 is 17.7 Å². The minimum atomic E-state index is -1.01. The Balaban J connectivity index is 3.16. The first kappa shape index (κ1) is 17.8. The SMILES string of the molecule is CCNc1ccc(/C=C/C(=O)O)c(OCCN(C)C)c1OC. The number of ether oxygens (including phenoxy) is 2. The Kier molecular flexibility index (Phi) is 7.25. The summed E-state index contributed by atoms with van der Waals surface area (Å²) in [5, 5.41) is 12.0. The van der Waals surface area contributed by atoms with Crippen LogP contribution in [-0.4, -0.2) is 56.9 Å². The molecule has 6 nitrogen and oxygen atoms in total. The van der Waals surface area contributed by atoms with Crippen molar-refractivity contribution in [2.24, 2.45) is 0 Å². The van der Waals surface area contributed by atoms with Crippen LogP contribution in [0.3, 0.4) is 0 Å². The van der Waals surface area contributed by atoms with E-state index in [9.17, 15) is 4.79 Å². The molecule has 0 unspecified atom stereocenters.